The number of aromatic amines is 1. The summed E-state index contributed by atoms with van der Waals surface area (Å²) < 4.78 is 62.4. The number of carbonyl (C=O) groups excluding carboxylic acids is 4. The predicted octanol–water partition coefficient (Wildman–Crippen LogP) is 7.05. The molecular formula is C45H59F4N7O4. The lowest BCUT2D eigenvalue weighted by Gasteiger charge is -2.36. The third-order valence-electron chi connectivity index (χ3n) is 12.6. The van der Waals surface area contributed by atoms with E-state index < -0.39 is 65.4 Å². The molecule has 2 fully saturated rings. The highest BCUT2D eigenvalue weighted by Gasteiger charge is 2.44. The van der Waals surface area contributed by atoms with E-state index in [1.165, 1.54) is 34.1 Å². The average Bonchev–Trinajstić information content (AvgIpc) is 3.96. The second-order valence-electron chi connectivity index (χ2n) is 17.9. The highest BCUT2D eigenvalue weighted by Crippen LogP contribution is 2.38. The summed E-state index contributed by atoms with van der Waals surface area (Å²) in [7, 11) is 1.67. The number of nitrogens with one attached hydrogen (secondary N) is 3. The number of carbonyl (C=O) groups is 4. The minimum absolute atomic E-state index is 0.00177. The molecule has 15 heteroatoms. The number of likely N-dealkylation sites (N-methyl/N-ethyl adjacent to an activating group) is 1. The first-order valence-electron chi connectivity index (χ1n) is 21.2. The lowest BCUT2D eigenvalue weighted by molar-refractivity contribution is -0.141. The van der Waals surface area contributed by atoms with E-state index in [1.54, 1.807) is 37.6 Å². The Bertz CT molecular complexity index is 2230. The smallest absolute Gasteiger partial charge is 0.246 e. The Morgan fingerprint density at radius 2 is 1.53 bits per heavy atom. The normalized spacial score (nSPS) is 21.7. The fraction of sp³-hybridized carbons (Fsp3) is 0.578. The van der Waals surface area contributed by atoms with Gasteiger partial charge in [-0.3, -0.25) is 19.2 Å². The van der Waals surface area contributed by atoms with Crippen molar-refractivity contribution >= 4 is 45.4 Å². The number of amides is 3. The summed E-state index contributed by atoms with van der Waals surface area (Å²) in [6, 6.07) is 5.68. The largest absolute Gasteiger partial charge is 0.352 e. The molecular weight excluding hydrogens is 779 g/mol. The molecule has 8 atom stereocenters. The molecule has 6 rings (SSSR count). The number of likely N-dealkylation sites (tertiary alicyclic amines) is 2. The zero-order valence-corrected chi connectivity index (χ0v) is 35.9. The maximum absolute atomic E-state index is 15.5. The Balaban J connectivity index is 1.41. The minimum atomic E-state index is -1.35. The number of benzene rings is 2. The lowest BCUT2D eigenvalue weighted by atomic mass is 9.85. The van der Waals surface area contributed by atoms with Gasteiger partial charge in [-0.2, -0.15) is 0 Å². The van der Waals surface area contributed by atoms with Crippen LogP contribution in [0.2, 0.25) is 0 Å². The first-order valence-corrected chi connectivity index (χ1v) is 21.2. The van der Waals surface area contributed by atoms with E-state index in [-0.39, 0.29) is 74.3 Å². The van der Waals surface area contributed by atoms with E-state index in [4.69, 9.17) is 4.98 Å². The molecule has 0 saturated carbocycles. The molecule has 60 heavy (non-hydrogen) atoms. The van der Waals surface area contributed by atoms with Gasteiger partial charge in [-0.05, 0) is 74.5 Å². The molecule has 0 spiro atoms. The van der Waals surface area contributed by atoms with Crippen LogP contribution in [-0.4, -0.2) is 104 Å². The Hall–Kier alpha value is -4.79. The molecule has 3 N–H and O–H groups in total. The van der Waals surface area contributed by atoms with Gasteiger partial charge in [-0.1, -0.05) is 41.5 Å². The maximum atomic E-state index is 15.5. The minimum Gasteiger partial charge on any atom is -0.352 e. The molecule has 326 valence electrons. The number of Topliss-reactive ketones (excluding diaryl/α,β-unsaturated/α-hetero) is 1. The molecule has 2 aliphatic heterocycles. The molecule has 2 aliphatic rings. The van der Waals surface area contributed by atoms with Gasteiger partial charge in [0.05, 0.1) is 41.9 Å². The van der Waals surface area contributed by atoms with E-state index in [0.717, 1.165) is 0 Å². The van der Waals surface area contributed by atoms with Crippen LogP contribution in [0.3, 0.4) is 0 Å². The molecule has 0 aliphatic carbocycles. The molecule has 0 radical (unpaired) electrons. The number of nitrogens with zero attached hydrogens (tertiary/aromatic N) is 4. The van der Waals surface area contributed by atoms with E-state index >= 15 is 8.78 Å². The van der Waals surface area contributed by atoms with Crippen LogP contribution >= 0.6 is 0 Å². The summed E-state index contributed by atoms with van der Waals surface area (Å²) in [5.41, 5.74) is 1.55. The van der Waals surface area contributed by atoms with Crippen molar-refractivity contribution in [3.8, 4) is 11.5 Å². The third kappa shape index (κ3) is 9.25. The molecule has 4 heterocycles. The van der Waals surface area contributed by atoms with Crippen molar-refractivity contribution < 1.29 is 36.7 Å². The molecule has 2 aromatic carbocycles. The molecule has 11 nitrogen and oxygen atoms in total. The molecule has 2 aromatic heterocycles. The van der Waals surface area contributed by atoms with Gasteiger partial charge in [0.2, 0.25) is 17.7 Å². The number of hydrogen-bond donors (Lipinski definition) is 3. The third-order valence-corrected chi connectivity index (χ3v) is 12.6. The summed E-state index contributed by atoms with van der Waals surface area (Å²) in [6.07, 6.45) is -1.50. The first kappa shape index (κ1) is 44.8. The highest BCUT2D eigenvalue weighted by molar-refractivity contribution is 5.93. The van der Waals surface area contributed by atoms with Crippen LogP contribution in [0.5, 0.6) is 0 Å². The maximum Gasteiger partial charge on any atom is 0.246 e. The summed E-state index contributed by atoms with van der Waals surface area (Å²) in [5.74, 6) is -2.83. The van der Waals surface area contributed by atoms with Crippen LogP contribution in [-0.2, 0) is 32.1 Å². The number of hydrogen-bond acceptors (Lipinski definition) is 6. The van der Waals surface area contributed by atoms with E-state index in [1.807, 2.05) is 34.6 Å². The van der Waals surface area contributed by atoms with Gasteiger partial charge in [0, 0.05) is 60.7 Å². The van der Waals surface area contributed by atoms with Crippen molar-refractivity contribution in [3.05, 3.63) is 53.6 Å². The summed E-state index contributed by atoms with van der Waals surface area (Å²) in [5, 5.41) is 6.46. The van der Waals surface area contributed by atoms with Crippen molar-refractivity contribution in [2.24, 2.45) is 17.3 Å². The second kappa shape index (κ2) is 18.1. The Morgan fingerprint density at radius 1 is 0.900 bits per heavy atom. The molecule has 0 unspecified atom stereocenters. The summed E-state index contributed by atoms with van der Waals surface area (Å²) in [4.78, 5) is 65.7. The van der Waals surface area contributed by atoms with Gasteiger partial charge in [0.25, 0.3) is 0 Å². The topological polar surface area (TPSA) is 132 Å². The number of rotatable bonds is 15. The number of H-pyrrole nitrogens is 1. The van der Waals surface area contributed by atoms with E-state index in [0.29, 0.717) is 46.3 Å². The van der Waals surface area contributed by atoms with Gasteiger partial charge in [-0.25, -0.2) is 22.5 Å². The second-order valence-corrected chi connectivity index (χ2v) is 17.9. The zero-order valence-electron chi connectivity index (χ0n) is 35.9. The van der Waals surface area contributed by atoms with E-state index in [9.17, 15) is 28.0 Å². The Morgan fingerprint density at radius 3 is 2.17 bits per heavy atom. The number of ketones is 1. The van der Waals surface area contributed by atoms with Gasteiger partial charge in [-0.15, -0.1) is 0 Å². The number of halogens is 4. The van der Waals surface area contributed by atoms with Gasteiger partial charge in [0.1, 0.15) is 35.8 Å². The quantitative estimate of drug-likeness (QED) is 0.110. The number of fused-ring (bicyclic) bond motifs is 2. The standard InChI is InChI=1S/C45H59F4N7O4/c1-9-24(3)42(58)53-40(45(5,6)7)44(60)55-22-30(49)17-32(55)23-56-37-14-12-28(47)19-36(37)52-41(56)39-34(33-13-11-27(46)18-35(33)51-39)20-31-16-29(48)21-54(31)43(59)26(10-2)15-38(57)25(4)50-8/h11-14,18-19,24-26,29-32,40,50-51H,9-10,15-17,20-23H2,1-8H3,(H,53,58)/t24-,25+,26-,29+,30+,31+,32+,40-/m1/s1. The van der Waals surface area contributed by atoms with Crippen LogP contribution in [0, 0.1) is 28.9 Å². The van der Waals surface area contributed by atoms with Crippen molar-refractivity contribution in [3.63, 3.8) is 0 Å². The van der Waals surface area contributed by atoms with Crippen molar-refractivity contribution in [2.75, 3.05) is 20.1 Å². The summed E-state index contributed by atoms with van der Waals surface area (Å²) >= 11 is 0. The SMILES string of the molecule is CC[C@H](CC(=O)[C@H](C)NC)C(=O)N1C[C@@H](F)C[C@H]1Cc1c(-c2nc3cc(F)ccc3n2C[C@@H]2C[C@H](F)CN2C(=O)[C@@H](NC(=O)[C@H](C)CC)C(C)(C)C)[nH]c2cc(F)ccc12. The monoisotopic (exact) mass is 837 g/mol. The number of alkyl halides is 2. The fourth-order valence-corrected chi connectivity index (χ4v) is 8.69. The van der Waals surface area contributed by atoms with Crippen LogP contribution in [0.25, 0.3) is 33.5 Å². The Labute approximate surface area is 349 Å². The molecule has 3 amide bonds. The number of imidazole rings is 1. The highest BCUT2D eigenvalue weighted by atomic mass is 19.1. The first-order chi connectivity index (χ1) is 28.3. The number of aromatic nitrogens is 3. The Kier molecular flexibility index (Phi) is 13.5. The average molecular weight is 838 g/mol. The zero-order chi connectivity index (χ0) is 43.8. The fourth-order valence-electron chi connectivity index (χ4n) is 8.69. The van der Waals surface area contributed by atoms with Crippen molar-refractivity contribution in [1.82, 2.24) is 35.0 Å². The van der Waals surface area contributed by atoms with Crippen LogP contribution in [0.15, 0.2) is 36.4 Å². The van der Waals surface area contributed by atoms with Crippen LogP contribution < -0.4 is 10.6 Å². The van der Waals surface area contributed by atoms with Gasteiger partial charge >= 0.3 is 0 Å². The molecule has 0 bridgehead atoms. The van der Waals surface area contributed by atoms with Crippen molar-refractivity contribution in [1.29, 1.82) is 0 Å². The van der Waals surface area contributed by atoms with Gasteiger partial charge in [0.15, 0.2) is 5.82 Å². The van der Waals surface area contributed by atoms with Gasteiger partial charge < -0.3 is 30.0 Å². The van der Waals surface area contributed by atoms with E-state index in [2.05, 4.69) is 15.6 Å². The molecule has 4 aromatic rings. The lowest BCUT2D eigenvalue weighted by Crippen LogP contribution is -2.57. The predicted molar refractivity (Wildman–Crippen MR) is 223 cm³/mol. The van der Waals surface area contributed by atoms with Crippen LogP contribution in [0.4, 0.5) is 17.6 Å². The summed E-state index contributed by atoms with van der Waals surface area (Å²) in [6.45, 7) is 12.5. The van der Waals surface area contributed by atoms with Crippen molar-refractivity contribution in [2.45, 2.75) is 130 Å². The van der Waals surface area contributed by atoms with Crippen LogP contribution in [0.1, 0.15) is 86.1 Å². The molecule has 2 saturated heterocycles.